The minimum atomic E-state index is -0.473. The largest absolute Gasteiger partial charge is 0.324 e. The number of pyridine rings is 2. The summed E-state index contributed by atoms with van der Waals surface area (Å²) in [6.45, 7) is 0. The van der Waals surface area contributed by atoms with E-state index in [2.05, 4.69) is 25.9 Å². The molecule has 27 heavy (non-hydrogen) atoms. The monoisotopic (exact) mass is 493 g/mol. The number of amides is 3. The summed E-state index contributed by atoms with van der Waals surface area (Å²) in [5.41, 5.74) is 1.41. The lowest BCUT2D eigenvalue weighted by Gasteiger charge is -2.10. The lowest BCUT2D eigenvalue weighted by Crippen LogP contribution is -2.20. The van der Waals surface area contributed by atoms with E-state index in [9.17, 15) is 9.59 Å². The molecule has 0 fully saturated rings. The predicted octanol–water partition coefficient (Wildman–Crippen LogP) is 4.63. The summed E-state index contributed by atoms with van der Waals surface area (Å²) in [6.07, 6.45) is 4.61. The number of hydrogen-bond donors (Lipinski definition) is 3. The van der Waals surface area contributed by atoms with E-state index in [1.165, 1.54) is 12.4 Å². The average molecular weight is 494 g/mol. The van der Waals surface area contributed by atoms with Crippen molar-refractivity contribution >= 4 is 63.3 Å². The predicted molar refractivity (Wildman–Crippen MR) is 113 cm³/mol. The maximum Gasteiger partial charge on any atom is 0.324 e. The van der Waals surface area contributed by atoms with E-state index >= 15 is 0 Å². The van der Waals surface area contributed by atoms with E-state index in [4.69, 9.17) is 11.6 Å². The number of nitrogens with zero attached hydrogens (tertiary/aromatic N) is 2. The van der Waals surface area contributed by atoms with Crippen LogP contribution in [0.15, 0.2) is 61.1 Å². The zero-order chi connectivity index (χ0) is 19.2. The van der Waals surface area contributed by atoms with Gasteiger partial charge >= 0.3 is 6.03 Å². The van der Waals surface area contributed by atoms with Gasteiger partial charge in [0, 0.05) is 27.7 Å². The van der Waals surface area contributed by atoms with Crippen molar-refractivity contribution in [1.29, 1.82) is 0 Å². The molecule has 3 N–H and O–H groups in total. The molecular formula is C18H13ClIN5O2. The second-order valence-corrected chi connectivity index (χ2v) is 6.87. The molecule has 3 rings (SSSR count). The molecule has 3 amide bonds. The number of carbonyl (C=O) groups is 2. The Morgan fingerprint density at radius 1 is 0.963 bits per heavy atom. The van der Waals surface area contributed by atoms with Crippen LogP contribution in [0.2, 0.25) is 5.02 Å². The number of nitrogens with one attached hydrogen (secondary N) is 3. The van der Waals surface area contributed by atoms with E-state index < -0.39 is 6.03 Å². The van der Waals surface area contributed by atoms with Crippen molar-refractivity contribution in [2.75, 3.05) is 16.0 Å². The van der Waals surface area contributed by atoms with Crippen LogP contribution in [0.25, 0.3) is 0 Å². The third-order valence-corrected chi connectivity index (χ3v) is 4.58. The van der Waals surface area contributed by atoms with Gasteiger partial charge in [0.05, 0.1) is 22.5 Å². The molecule has 3 aromatic rings. The molecule has 7 nitrogen and oxygen atoms in total. The van der Waals surface area contributed by atoms with Gasteiger partial charge in [0.25, 0.3) is 5.91 Å². The fourth-order valence-electron chi connectivity index (χ4n) is 2.20. The Morgan fingerprint density at radius 2 is 1.81 bits per heavy atom. The Kier molecular flexibility index (Phi) is 6.20. The van der Waals surface area contributed by atoms with Crippen molar-refractivity contribution in [3.8, 4) is 0 Å². The molecule has 0 aliphatic carbocycles. The van der Waals surface area contributed by atoms with Gasteiger partial charge in [-0.2, -0.15) is 0 Å². The first-order valence-corrected chi connectivity index (χ1v) is 9.18. The van der Waals surface area contributed by atoms with Crippen molar-refractivity contribution < 1.29 is 9.59 Å². The van der Waals surface area contributed by atoms with Crippen molar-refractivity contribution in [2.45, 2.75) is 0 Å². The Labute approximate surface area is 173 Å². The third-order valence-electron chi connectivity index (χ3n) is 3.37. The topological polar surface area (TPSA) is 96.0 Å². The molecule has 0 unspecified atom stereocenters. The SMILES string of the molecule is O=C(Nc1cccnc1)Nc1cc(NC(=O)c2c(Cl)cccc2I)ccn1. The maximum absolute atomic E-state index is 12.5. The third kappa shape index (κ3) is 5.14. The van der Waals surface area contributed by atoms with Gasteiger partial charge in [-0.05, 0) is 52.9 Å². The van der Waals surface area contributed by atoms with E-state index in [1.54, 1.807) is 48.7 Å². The summed E-state index contributed by atoms with van der Waals surface area (Å²) in [4.78, 5) is 32.5. The van der Waals surface area contributed by atoms with Crippen LogP contribution in [0.1, 0.15) is 10.4 Å². The lowest BCUT2D eigenvalue weighted by atomic mass is 10.2. The molecule has 0 radical (unpaired) electrons. The Balaban J connectivity index is 1.68. The number of carbonyl (C=O) groups excluding carboxylic acids is 2. The van der Waals surface area contributed by atoms with Gasteiger partial charge in [0.15, 0.2) is 0 Å². The van der Waals surface area contributed by atoms with E-state index in [0.717, 1.165) is 3.57 Å². The second kappa shape index (κ2) is 8.78. The number of anilines is 3. The fourth-order valence-corrected chi connectivity index (χ4v) is 3.36. The van der Waals surface area contributed by atoms with Gasteiger partial charge in [-0.3, -0.25) is 15.1 Å². The first-order chi connectivity index (χ1) is 13.0. The average Bonchev–Trinajstić information content (AvgIpc) is 2.62. The molecule has 9 heteroatoms. The number of aromatic nitrogens is 2. The van der Waals surface area contributed by atoms with Crippen molar-refractivity contribution in [3.05, 3.63) is 75.2 Å². The smallest absolute Gasteiger partial charge is 0.322 e. The molecule has 0 bridgehead atoms. The lowest BCUT2D eigenvalue weighted by molar-refractivity contribution is 0.102. The van der Waals surface area contributed by atoms with Crippen molar-refractivity contribution in [3.63, 3.8) is 0 Å². The summed E-state index contributed by atoms with van der Waals surface area (Å²) in [5, 5.41) is 8.35. The quantitative estimate of drug-likeness (QED) is 0.462. The number of hydrogen-bond acceptors (Lipinski definition) is 4. The van der Waals surface area contributed by atoms with Crippen LogP contribution in [0.5, 0.6) is 0 Å². The van der Waals surface area contributed by atoms with Crippen LogP contribution < -0.4 is 16.0 Å². The van der Waals surface area contributed by atoms with Gasteiger partial charge in [0.2, 0.25) is 0 Å². The van der Waals surface area contributed by atoms with Crippen LogP contribution in [-0.4, -0.2) is 21.9 Å². The van der Waals surface area contributed by atoms with Crippen molar-refractivity contribution in [2.24, 2.45) is 0 Å². The molecular weight excluding hydrogens is 481 g/mol. The summed E-state index contributed by atoms with van der Waals surface area (Å²) in [6, 6.07) is 11.3. The summed E-state index contributed by atoms with van der Waals surface area (Å²) in [7, 11) is 0. The molecule has 0 spiro atoms. The summed E-state index contributed by atoms with van der Waals surface area (Å²) in [5.74, 6) is -0.0648. The molecule has 0 saturated heterocycles. The molecule has 0 aliphatic heterocycles. The van der Waals surface area contributed by atoms with Gasteiger partial charge in [0.1, 0.15) is 5.82 Å². The number of rotatable bonds is 4. The molecule has 2 heterocycles. The van der Waals surface area contributed by atoms with E-state index in [1.807, 2.05) is 22.6 Å². The molecule has 136 valence electrons. The zero-order valence-electron chi connectivity index (χ0n) is 13.7. The fraction of sp³-hybridized carbons (Fsp3) is 0. The van der Waals surface area contributed by atoms with Gasteiger partial charge in [-0.25, -0.2) is 9.78 Å². The highest BCUT2D eigenvalue weighted by Crippen LogP contribution is 2.23. The highest BCUT2D eigenvalue weighted by Gasteiger charge is 2.14. The number of urea groups is 1. The molecule has 0 aliphatic rings. The minimum absolute atomic E-state index is 0.281. The standard InChI is InChI=1S/C18H13ClIN5O2/c19-13-4-1-5-14(20)16(13)17(26)23-11-6-8-22-15(9-11)25-18(27)24-12-3-2-7-21-10-12/h1-10H,(H3,22,23,24,25,26,27). The van der Waals surface area contributed by atoms with Crippen LogP contribution >= 0.6 is 34.2 Å². The van der Waals surface area contributed by atoms with E-state index in [-0.39, 0.29) is 11.7 Å². The second-order valence-electron chi connectivity index (χ2n) is 5.30. The number of halogens is 2. The summed E-state index contributed by atoms with van der Waals surface area (Å²) < 4.78 is 0.737. The minimum Gasteiger partial charge on any atom is -0.322 e. The summed E-state index contributed by atoms with van der Waals surface area (Å²) >= 11 is 8.17. The first kappa shape index (κ1) is 19.1. The molecule has 0 atom stereocenters. The highest BCUT2D eigenvalue weighted by molar-refractivity contribution is 14.1. The van der Waals surface area contributed by atoms with Gasteiger partial charge in [-0.1, -0.05) is 17.7 Å². The van der Waals surface area contributed by atoms with Crippen LogP contribution in [-0.2, 0) is 0 Å². The Morgan fingerprint density at radius 3 is 2.56 bits per heavy atom. The number of benzene rings is 1. The molecule has 2 aromatic heterocycles. The zero-order valence-corrected chi connectivity index (χ0v) is 16.7. The van der Waals surface area contributed by atoms with Crippen LogP contribution in [0.3, 0.4) is 0 Å². The normalized spacial score (nSPS) is 10.1. The Hall–Kier alpha value is -2.72. The van der Waals surface area contributed by atoms with Gasteiger partial charge < -0.3 is 10.6 Å². The van der Waals surface area contributed by atoms with Crippen LogP contribution in [0.4, 0.5) is 22.0 Å². The van der Waals surface area contributed by atoms with Crippen molar-refractivity contribution in [1.82, 2.24) is 9.97 Å². The van der Waals surface area contributed by atoms with Gasteiger partial charge in [-0.15, -0.1) is 0 Å². The molecule has 1 aromatic carbocycles. The highest BCUT2D eigenvalue weighted by atomic mass is 127. The van der Waals surface area contributed by atoms with E-state index in [0.29, 0.717) is 22.0 Å². The molecule has 0 saturated carbocycles. The Bertz CT molecular complexity index is 964. The first-order valence-electron chi connectivity index (χ1n) is 7.72. The maximum atomic E-state index is 12.5. The van der Waals surface area contributed by atoms with Crippen LogP contribution in [0, 0.1) is 3.57 Å².